The minimum atomic E-state index is -0.507. The van der Waals surface area contributed by atoms with Gasteiger partial charge in [-0.1, -0.05) is 20.3 Å². The Hall–Kier alpha value is -2.56. The Bertz CT molecular complexity index is 918. The molecule has 2 heterocycles. The number of aryl methyl sites for hydroxylation is 1. The maximum Gasteiger partial charge on any atom is 0.336 e. The molecule has 0 N–H and O–H groups in total. The number of ether oxygens (including phenoxy) is 2. The fourth-order valence-corrected chi connectivity index (χ4v) is 2.95. The number of hydrogen-bond acceptors (Lipinski definition) is 5. The quantitative estimate of drug-likeness (QED) is 0.472. The Balaban J connectivity index is 2.34. The molecule has 0 atom stereocenters. The zero-order valence-electron chi connectivity index (χ0n) is 15.0. The van der Waals surface area contributed by atoms with Crippen LogP contribution in [0.4, 0.5) is 0 Å². The van der Waals surface area contributed by atoms with Gasteiger partial charge in [-0.2, -0.15) is 0 Å². The SMILES string of the molecule is CCCc1cc(=O)oc2cc(OC(=O)CC)c3c(c12)OC(C)(C)C=C3. The van der Waals surface area contributed by atoms with Crippen molar-refractivity contribution < 1.29 is 18.7 Å². The number of fused-ring (bicyclic) bond motifs is 3. The fourth-order valence-electron chi connectivity index (χ4n) is 2.95. The molecule has 25 heavy (non-hydrogen) atoms. The highest BCUT2D eigenvalue weighted by molar-refractivity contribution is 5.94. The molecule has 0 saturated carbocycles. The van der Waals surface area contributed by atoms with Crippen LogP contribution >= 0.6 is 0 Å². The third-order valence-electron chi connectivity index (χ3n) is 4.12. The zero-order valence-corrected chi connectivity index (χ0v) is 15.0. The van der Waals surface area contributed by atoms with Gasteiger partial charge in [0.1, 0.15) is 22.7 Å². The second kappa shape index (κ2) is 6.39. The van der Waals surface area contributed by atoms with E-state index in [1.807, 2.05) is 26.0 Å². The van der Waals surface area contributed by atoms with Gasteiger partial charge in [-0.05, 0) is 38.0 Å². The van der Waals surface area contributed by atoms with E-state index in [1.54, 1.807) is 13.0 Å². The maximum atomic E-state index is 11.9. The monoisotopic (exact) mass is 342 g/mol. The van der Waals surface area contributed by atoms with Crippen LogP contribution in [0, 0.1) is 0 Å². The van der Waals surface area contributed by atoms with Crippen molar-refractivity contribution in [2.75, 3.05) is 0 Å². The number of carbonyl (C=O) groups is 1. The van der Waals surface area contributed by atoms with Crippen LogP contribution in [0.2, 0.25) is 0 Å². The first-order chi connectivity index (χ1) is 11.8. The van der Waals surface area contributed by atoms with Crippen LogP contribution < -0.4 is 15.1 Å². The van der Waals surface area contributed by atoms with E-state index >= 15 is 0 Å². The fraction of sp³-hybridized carbons (Fsp3) is 0.400. The van der Waals surface area contributed by atoms with Gasteiger partial charge >= 0.3 is 11.6 Å². The second-order valence-corrected chi connectivity index (χ2v) is 6.70. The number of rotatable bonds is 4. The van der Waals surface area contributed by atoms with E-state index in [2.05, 4.69) is 6.92 Å². The van der Waals surface area contributed by atoms with Crippen LogP contribution in [-0.2, 0) is 11.2 Å². The molecule has 1 aliphatic rings. The van der Waals surface area contributed by atoms with Crippen molar-refractivity contribution in [2.24, 2.45) is 0 Å². The Labute approximate surface area is 146 Å². The molecule has 1 aliphatic heterocycles. The zero-order chi connectivity index (χ0) is 18.2. The summed E-state index contributed by atoms with van der Waals surface area (Å²) in [6, 6.07) is 3.12. The minimum absolute atomic E-state index is 0.253. The van der Waals surface area contributed by atoms with Gasteiger partial charge < -0.3 is 13.9 Å². The lowest BCUT2D eigenvalue weighted by molar-refractivity contribution is -0.134. The lowest BCUT2D eigenvalue weighted by atomic mass is 9.96. The molecule has 0 unspecified atom stereocenters. The summed E-state index contributed by atoms with van der Waals surface area (Å²) in [4.78, 5) is 23.7. The highest BCUT2D eigenvalue weighted by atomic mass is 16.5. The van der Waals surface area contributed by atoms with Gasteiger partial charge in [0.2, 0.25) is 0 Å². The Morgan fingerprint density at radius 1 is 1.24 bits per heavy atom. The first-order valence-corrected chi connectivity index (χ1v) is 8.57. The van der Waals surface area contributed by atoms with E-state index in [-0.39, 0.29) is 12.4 Å². The van der Waals surface area contributed by atoms with E-state index in [1.165, 1.54) is 6.07 Å². The summed E-state index contributed by atoms with van der Waals surface area (Å²) >= 11 is 0. The Morgan fingerprint density at radius 2 is 2.00 bits per heavy atom. The van der Waals surface area contributed by atoms with Crippen molar-refractivity contribution in [1.29, 1.82) is 0 Å². The van der Waals surface area contributed by atoms with E-state index in [9.17, 15) is 9.59 Å². The molecule has 0 bridgehead atoms. The molecule has 5 heteroatoms. The molecule has 0 aliphatic carbocycles. The summed E-state index contributed by atoms with van der Waals surface area (Å²) in [5, 5.41) is 0.769. The topological polar surface area (TPSA) is 65.7 Å². The van der Waals surface area contributed by atoms with Crippen LogP contribution in [-0.4, -0.2) is 11.6 Å². The van der Waals surface area contributed by atoms with Crippen LogP contribution in [0.15, 0.2) is 27.4 Å². The first-order valence-electron chi connectivity index (χ1n) is 8.57. The van der Waals surface area contributed by atoms with E-state index in [0.717, 1.165) is 23.8 Å². The van der Waals surface area contributed by atoms with Crippen molar-refractivity contribution in [3.8, 4) is 11.5 Å². The molecule has 3 rings (SSSR count). The van der Waals surface area contributed by atoms with Crippen molar-refractivity contribution in [1.82, 2.24) is 0 Å². The largest absolute Gasteiger partial charge is 0.482 e. The number of hydrogen-bond donors (Lipinski definition) is 0. The lowest BCUT2D eigenvalue weighted by Crippen LogP contribution is -2.28. The standard InChI is InChI=1S/C20H22O5/c1-5-7-12-10-17(22)24-15-11-14(23-16(21)6-2)13-8-9-20(3,4)25-19(13)18(12)15/h8-11H,5-7H2,1-4H3. The molecule has 2 aromatic rings. The molecule has 0 spiro atoms. The van der Waals surface area contributed by atoms with Gasteiger partial charge in [-0.3, -0.25) is 4.79 Å². The average molecular weight is 342 g/mol. The van der Waals surface area contributed by atoms with E-state index in [4.69, 9.17) is 13.9 Å². The molecular formula is C20H22O5. The molecular weight excluding hydrogens is 320 g/mol. The van der Waals surface area contributed by atoms with Gasteiger partial charge in [0.05, 0.1) is 10.9 Å². The van der Waals surface area contributed by atoms with Gasteiger partial charge in [0, 0.05) is 18.6 Å². The Morgan fingerprint density at radius 3 is 2.68 bits per heavy atom. The molecule has 1 aromatic carbocycles. The number of carbonyl (C=O) groups excluding carboxylic acids is 1. The van der Waals surface area contributed by atoms with Crippen LogP contribution in [0.5, 0.6) is 11.5 Å². The molecule has 0 fully saturated rings. The van der Waals surface area contributed by atoms with Crippen molar-refractivity contribution in [3.63, 3.8) is 0 Å². The second-order valence-electron chi connectivity index (χ2n) is 6.70. The third-order valence-corrected chi connectivity index (χ3v) is 4.12. The molecule has 0 saturated heterocycles. The molecule has 0 amide bonds. The van der Waals surface area contributed by atoms with Crippen LogP contribution in [0.25, 0.3) is 17.0 Å². The van der Waals surface area contributed by atoms with Gasteiger partial charge in [-0.25, -0.2) is 4.79 Å². The van der Waals surface area contributed by atoms with Crippen molar-refractivity contribution >= 4 is 23.0 Å². The lowest BCUT2D eigenvalue weighted by Gasteiger charge is -2.30. The molecule has 0 radical (unpaired) electrons. The third kappa shape index (κ3) is 3.31. The molecule has 1 aromatic heterocycles. The van der Waals surface area contributed by atoms with Gasteiger partial charge in [0.15, 0.2) is 0 Å². The number of benzene rings is 1. The highest BCUT2D eigenvalue weighted by Crippen LogP contribution is 2.44. The predicted octanol–water partition coefficient (Wildman–Crippen LogP) is 4.25. The molecule has 132 valence electrons. The minimum Gasteiger partial charge on any atom is -0.482 e. The van der Waals surface area contributed by atoms with Gasteiger partial charge in [0.25, 0.3) is 0 Å². The predicted molar refractivity (Wildman–Crippen MR) is 96.1 cm³/mol. The number of esters is 1. The summed E-state index contributed by atoms with van der Waals surface area (Å²) in [5.41, 5.74) is 1.02. The highest BCUT2D eigenvalue weighted by Gasteiger charge is 2.28. The summed E-state index contributed by atoms with van der Waals surface area (Å²) in [6.45, 7) is 7.67. The van der Waals surface area contributed by atoms with Crippen molar-refractivity contribution in [2.45, 2.75) is 52.6 Å². The Kier molecular flexibility index (Phi) is 4.41. The normalized spacial score (nSPS) is 14.9. The summed E-state index contributed by atoms with van der Waals surface area (Å²) < 4.78 is 17.0. The molecule has 5 nitrogen and oxygen atoms in total. The maximum absolute atomic E-state index is 11.9. The van der Waals surface area contributed by atoms with Gasteiger partial charge in [-0.15, -0.1) is 0 Å². The van der Waals surface area contributed by atoms with Crippen LogP contribution in [0.3, 0.4) is 0 Å². The average Bonchev–Trinajstić information content (AvgIpc) is 2.53. The summed E-state index contributed by atoms with van der Waals surface area (Å²) in [5.74, 6) is 0.584. The van der Waals surface area contributed by atoms with Crippen LogP contribution in [0.1, 0.15) is 51.7 Å². The van der Waals surface area contributed by atoms with Crippen molar-refractivity contribution in [3.05, 3.63) is 39.8 Å². The smallest absolute Gasteiger partial charge is 0.336 e. The van der Waals surface area contributed by atoms with E-state index < -0.39 is 11.2 Å². The summed E-state index contributed by atoms with van der Waals surface area (Å²) in [6.07, 6.45) is 5.69. The van der Waals surface area contributed by atoms with E-state index in [0.29, 0.717) is 22.6 Å². The first kappa shape index (κ1) is 17.3. The summed E-state index contributed by atoms with van der Waals surface area (Å²) in [7, 11) is 0.